The van der Waals surface area contributed by atoms with E-state index in [0.717, 1.165) is 0 Å². The van der Waals surface area contributed by atoms with Gasteiger partial charge in [-0.1, -0.05) is 40.2 Å². The van der Waals surface area contributed by atoms with Gasteiger partial charge < -0.3 is 10.2 Å². The molecule has 0 spiro atoms. The molecule has 2 aromatic carbocycles. The van der Waals surface area contributed by atoms with Gasteiger partial charge in [0.25, 0.3) is 5.91 Å². The SMILES string of the molecule is CC(On1nnc2ccccc21)C(=O)Nc1ccc(Cl)cc1Cl. The summed E-state index contributed by atoms with van der Waals surface area (Å²) in [6.45, 7) is 1.61. The van der Waals surface area contributed by atoms with E-state index in [4.69, 9.17) is 28.0 Å². The molecule has 0 fully saturated rings. The Bertz CT molecular complexity index is 866. The number of carbonyl (C=O) groups excluding carboxylic acids is 1. The summed E-state index contributed by atoms with van der Waals surface area (Å²) in [7, 11) is 0. The third kappa shape index (κ3) is 3.38. The smallest absolute Gasteiger partial charge is 0.268 e. The predicted molar refractivity (Wildman–Crippen MR) is 88.7 cm³/mol. The van der Waals surface area contributed by atoms with Crippen molar-refractivity contribution in [3.63, 3.8) is 0 Å². The topological polar surface area (TPSA) is 69.0 Å². The van der Waals surface area contributed by atoms with Crippen molar-refractivity contribution in [3.8, 4) is 0 Å². The quantitative estimate of drug-likeness (QED) is 0.784. The number of anilines is 1. The number of rotatable bonds is 4. The van der Waals surface area contributed by atoms with Crippen molar-refractivity contribution in [2.24, 2.45) is 0 Å². The molecular formula is C15H12Cl2N4O2. The highest BCUT2D eigenvalue weighted by Gasteiger charge is 2.18. The van der Waals surface area contributed by atoms with Gasteiger partial charge in [-0.2, -0.15) is 0 Å². The molecule has 0 radical (unpaired) electrons. The van der Waals surface area contributed by atoms with E-state index in [2.05, 4.69) is 15.6 Å². The van der Waals surface area contributed by atoms with E-state index in [0.29, 0.717) is 26.8 Å². The Morgan fingerprint density at radius 1 is 1.26 bits per heavy atom. The highest BCUT2D eigenvalue weighted by Crippen LogP contribution is 2.25. The van der Waals surface area contributed by atoms with Gasteiger partial charge >= 0.3 is 0 Å². The molecule has 0 saturated heterocycles. The Morgan fingerprint density at radius 2 is 2.04 bits per heavy atom. The predicted octanol–water partition coefficient (Wildman–Crippen LogP) is 3.19. The van der Waals surface area contributed by atoms with Crippen LogP contribution in [0.1, 0.15) is 6.92 Å². The highest BCUT2D eigenvalue weighted by atomic mass is 35.5. The van der Waals surface area contributed by atoms with E-state index >= 15 is 0 Å². The van der Waals surface area contributed by atoms with Crippen LogP contribution in [0.15, 0.2) is 42.5 Å². The first-order chi connectivity index (χ1) is 11.0. The Hall–Kier alpha value is -2.31. The summed E-state index contributed by atoms with van der Waals surface area (Å²) >= 11 is 11.9. The van der Waals surface area contributed by atoms with E-state index < -0.39 is 6.10 Å². The van der Waals surface area contributed by atoms with E-state index in [1.54, 1.807) is 37.3 Å². The van der Waals surface area contributed by atoms with Crippen molar-refractivity contribution in [3.05, 3.63) is 52.5 Å². The fourth-order valence-electron chi connectivity index (χ4n) is 1.95. The number of halogens is 2. The molecule has 1 unspecified atom stereocenters. The van der Waals surface area contributed by atoms with Crippen molar-refractivity contribution in [1.82, 2.24) is 15.2 Å². The Kier molecular flexibility index (Phi) is 4.36. The standard InChI is InChI=1S/C15H12Cl2N4O2/c1-9(15(22)18-12-7-6-10(16)8-11(12)17)23-21-14-5-3-2-4-13(14)19-20-21/h2-9H,1H3,(H,18,22). The number of aromatic nitrogens is 3. The summed E-state index contributed by atoms with van der Waals surface area (Å²) in [5.41, 5.74) is 1.82. The fourth-order valence-corrected chi connectivity index (χ4v) is 2.40. The molecule has 0 aliphatic carbocycles. The molecule has 118 valence electrons. The first-order valence-electron chi connectivity index (χ1n) is 6.78. The summed E-state index contributed by atoms with van der Waals surface area (Å²) in [4.78, 5) is 19.0. The number of carbonyl (C=O) groups is 1. The molecule has 1 aromatic heterocycles. The molecule has 0 aliphatic rings. The summed E-state index contributed by atoms with van der Waals surface area (Å²) in [6, 6.07) is 12.1. The maximum absolute atomic E-state index is 12.2. The Morgan fingerprint density at radius 3 is 2.83 bits per heavy atom. The number of hydrogen-bond acceptors (Lipinski definition) is 4. The van der Waals surface area contributed by atoms with Crippen LogP contribution in [0, 0.1) is 0 Å². The summed E-state index contributed by atoms with van der Waals surface area (Å²) in [5.74, 6) is -0.367. The lowest BCUT2D eigenvalue weighted by atomic mass is 10.3. The summed E-state index contributed by atoms with van der Waals surface area (Å²) < 4.78 is 0. The lowest BCUT2D eigenvalue weighted by molar-refractivity contribution is -0.127. The van der Waals surface area contributed by atoms with Gasteiger partial charge in [0.15, 0.2) is 0 Å². The number of benzene rings is 2. The normalized spacial score (nSPS) is 12.1. The number of amides is 1. The molecule has 1 N–H and O–H groups in total. The third-order valence-electron chi connectivity index (χ3n) is 3.14. The van der Waals surface area contributed by atoms with Gasteiger partial charge in [0.05, 0.1) is 10.7 Å². The molecule has 1 heterocycles. The first kappa shape index (κ1) is 15.6. The van der Waals surface area contributed by atoms with Gasteiger partial charge in [-0.3, -0.25) is 4.79 Å². The zero-order chi connectivity index (χ0) is 16.4. The van der Waals surface area contributed by atoms with Crippen molar-refractivity contribution in [2.45, 2.75) is 13.0 Å². The Balaban J connectivity index is 1.72. The molecular weight excluding hydrogens is 339 g/mol. The molecule has 8 heteroatoms. The van der Waals surface area contributed by atoms with Crippen molar-refractivity contribution < 1.29 is 9.63 Å². The van der Waals surface area contributed by atoms with Crippen LogP contribution in [0.2, 0.25) is 10.0 Å². The first-order valence-corrected chi connectivity index (χ1v) is 7.53. The maximum Gasteiger partial charge on any atom is 0.268 e. The van der Waals surface area contributed by atoms with Gasteiger partial charge in [-0.15, -0.1) is 5.10 Å². The van der Waals surface area contributed by atoms with Crippen LogP contribution >= 0.6 is 23.2 Å². The van der Waals surface area contributed by atoms with Gasteiger partial charge in [0, 0.05) is 5.02 Å². The minimum Gasteiger partial charge on any atom is -0.382 e. The van der Waals surface area contributed by atoms with Crippen LogP contribution in [0.25, 0.3) is 11.0 Å². The van der Waals surface area contributed by atoms with E-state index in [9.17, 15) is 4.79 Å². The summed E-state index contributed by atoms with van der Waals surface area (Å²) in [5, 5.41) is 11.4. The van der Waals surface area contributed by atoms with Crippen molar-refractivity contribution >= 4 is 45.8 Å². The second-order valence-electron chi connectivity index (χ2n) is 4.81. The average Bonchev–Trinajstić information content (AvgIpc) is 2.93. The number of para-hydroxylation sites is 1. The highest BCUT2D eigenvalue weighted by molar-refractivity contribution is 6.36. The van der Waals surface area contributed by atoms with Crippen LogP contribution in [-0.4, -0.2) is 27.2 Å². The van der Waals surface area contributed by atoms with Crippen molar-refractivity contribution in [1.29, 1.82) is 0 Å². The molecule has 6 nitrogen and oxygen atoms in total. The van der Waals surface area contributed by atoms with Gasteiger partial charge in [0.2, 0.25) is 6.10 Å². The molecule has 0 aliphatic heterocycles. The number of hydrogen-bond donors (Lipinski definition) is 1. The van der Waals surface area contributed by atoms with Crippen LogP contribution in [0.5, 0.6) is 0 Å². The van der Waals surface area contributed by atoms with Crippen molar-refractivity contribution in [2.75, 3.05) is 5.32 Å². The largest absolute Gasteiger partial charge is 0.382 e. The molecule has 0 bridgehead atoms. The molecule has 1 atom stereocenters. The lowest BCUT2D eigenvalue weighted by Crippen LogP contribution is -2.35. The molecule has 3 rings (SSSR count). The zero-order valence-corrected chi connectivity index (χ0v) is 13.5. The fraction of sp³-hybridized carbons (Fsp3) is 0.133. The lowest BCUT2D eigenvalue weighted by Gasteiger charge is -2.14. The monoisotopic (exact) mass is 350 g/mol. The van der Waals surface area contributed by atoms with Crippen LogP contribution in [0.3, 0.4) is 0 Å². The van der Waals surface area contributed by atoms with E-state index in [1.807, 2.05) is 12.1 Å². The number of nitrogens with zero attached hydrogens (tertiary/aromatic N) is 3. The minimum absolute atomic E-state index is 0.351. The minimum atomic E-state index is -0.799. The summed E-state index contributed by atoms with van der Waals surface area (Å²) in [6.07, 6.45) is -0.799. The van der Waals surface area contributed by atoms with Gasteiger partial charge in [-0.05, 0) is 42.5 Å². The number of nitrogens with one attached hydrogen (secondary N) is 1. The van der Waals surface area contributed by atoms with E-state index in [-0.39, 0.29) is 5.91 Å². The number of fused-ring (bicyclic) bond motifs is 1. The van der Waals surface area contributed by atoms with Gasteiger partial charge in [0.1, 0.15) is 11.0 Å². The zero-order valence-electron chi connectivity index (χ0n) is 12.0. The molecule has 3 aromatic rings. The average molecular weight is 351 g/mol. The van der Waals surface area contributed by atoms with Gasteiger partial charge in [-0.25, -0.2) is 0 Å². The molecule has 23 heavy (non-hydrogen) atoms. The Labute approximate surface area is 141 Å². The second kappa shape index (κ2) is 6.44. The molecule has 0 saturated carbocycles. The van der Waals surface area contributed by atoms with Crippen LogP contribution < -0.4 is 10.2 Å². The third-order valence-corrected chi connectivity index (χ3v) is 3.69. The van der Waals surface area contributed by atoms with Crippen LogP contribution in [0.4, 0.5) is 5.69 Å². The second-order valence-corrected chi connectivity index (χ2v) is 5.66. The van der Waals surface area contributed by atoms with E-state index in [1.165, 1.54) is 4.85 Å². The maximum atomic E-state index is 12.2. The van der Waals surface area contributed by atoms with Crippen LogP contribution in [-0.2, 0) is 4.79 Å². The molecule has 1 amide bonds.